The van der Waals surface area contributed by atoms with Crippen LogP contribution in [0.5, 0.6) is 0 Å². The second-order valence-electron chi connectivity index (χ2n) is 5.84. The number of hydrogen-bond acceptors (Lipinski definition) is 4. The van der Waals surface area contributed by atoms with E-state index in [1.807, 2.05) is 4.57 Å². The highest BCUT2D eigenvalue weighted by molar-refractivity contribution is 5.82. The van der Waals surface area contributed by atoms with Gasteiger partial charge < -0.3 is 14.8 Å². The number of aryl methyl sites for hydroxylation is 1. The number of nitrogens with zero attached hydrogens (tertiary/aromatic N) is 4. The third kappa shape index (κ3) is 3.79. The minimum atomic E-state index is -0.231. The fourth-order valence-electron chi connectivity index (χ4n) is 2.81. The Hall–Kier alpha value is -1.43. The molecule has 1 aliphatic heterocycles. The summed E-state index contributed by atoms with van der Waals surface area (Å²) in [7, 11) is 0. The lowest BCUT2D eigenvalue weighted by Crippen LogP contribution is -2.50. The van der Waals surface area contributed by atoms with Gasteiger partial charge in [-0.1, -0.05) is 6.92 Å². The topological polar surface area (TPSA) is 63.1 Å². The van der Waals surface area contributed by atoms with Gasteiger partial charge in [-0.05, 0) is 39.3 Å². The van der Waals surface area contributed by atoms with E-state index in [0.717, 1.165) is 45.4 Å². The first-order valence-electron chi connectivity index (χ1n) is 7.47. The smallest absolute Gasteiger partial charge is 0.227 e. The summed E-state index contributed by atoms with van der Waals surface area (Å²) >= 11 is 0. The van der Waals surface area contributed by atoms with Crippen LogP contribution in [0.15, 0.2) is 12.7 Å². The first kappa shape index (κ1) is 15.0. The first-order chi connectivity index (χ1) is 9.64. The monoisotopic (exact) mass is 279 g/mol. The van der Waals surface area contributed by atoms with Gasteiger partial charge in [0.15, 0.2) is 0 Å². The largest absolute Gasteiger partial charge is 0.356 e. The molecule has 1 aromatic rings. The van der Waals surface area contributed by atoms with Gasteiger partial charge in [-0.2, -0.15) is 0 Å². The van der Waals surface area contributed by atoms with Gasteiger partial charge >= 0.3 is 0 Å². The second kappa shape index (κ2) is 6.83. The van der Waals surface area contributed by atoms with Crippen molar-refractivity contribution in [3.05, 3.63) is 12.7 Å². The molecule has 0 aromatic carbocycles. The molecule has 1 atom stereocenters. The fourth-order valence-corrected chi connectivity index (χ4v) is 2.81. The Morgan fingerprint density at radius 2 is 2.15 bits per heavy atom. The van der Waals surface area contributed by atoms with Crippen LogP contribution in [0.1, 0.15) is 33.1 Å². The summed E-state index contributed by atoms with van der Waals surface area (Å²) in [4.78, 5) is 14.7. The average Bonchev–Trinajstić information content (AvgIpc) is 2.96. The summed E-state index contributed by atoms with van der Waals surface area (Å²) < 4.78 is 1.92. The Kier molecular flexibility index (Phi) is 5.11. The lowest BCUT2D eigenvalue weighted by molar-refractivity contribution is -0.133. The van der Waals surface area contributed by atoms with Crippen LogP contribution in [0.3, 0.4) is 0 Å². The highest BCUT2D eigenvalue weighted by atomic mass is 16.2. The Bertz CT molecular complexity index is 419. The number of rotatable bonds is 6. The van der Waals surface area contributed by atoms with E-state index < -0.39 is 0 Å². The molecule has 2 heterocycles. The minimum Gasteiger partial charge on any atom is -0.356 e. The summed E-state index contributed by atoms with van der Waals surface area (Å²) in [5.41, 5.74) is -0.231. The molecule has 0 saturated carbocycles. The highest BCUT2D eigenvalue weighted by Crippen LogP contribution is 2.29. The molecule has 1 aromatic heterocycles. The van der Waals surface area contributed by atoms with Gasteiger partial charge in [-0.25, -0.2) is 0 Å². The van der Waals surface area contributed by atoms with Crippen molar-refractivity contribution >= 4 is 5.91 Å². The van der Waals surface area contributed by atoms with Gasteiger partial charge in [0.05, 0.1) is 5.41 Å². The Balaban J connectivity index is 1.73. The lowest BCUT2D eigenvalue weighted by Gasteiger charge is -2.38. The van der Waals surface area contributed by atoms with Crippen LogP contribution in [-0.2, 0) is 11.3 Å². The molecule has 1 amide bonds. The molecular weight excluding hydrogens is 254 g/mol. The predicted molar refractivity (Wildman–Crippen MR) is 77.1 cm³/mol. The Morgan fingerprint density at radius 1 is 1.40 bits per heavy atom. The van der Waals surface area contributed by atoms with Gasteiger partial charge in [0.25, 0.3) is 0 Å². The normalized spacial score (nSPS) is 23.7. The molecule has 6 heteroatoms. The summed E-state index contributed by atoms with van der Waals surface area (Å²) in [6, 6.07) is 0. The van der Waals surface area contributed by atoms with Crippen LogP contribution < -0.4 is 5.32 Å². The SMILES string of the molecule is CCN1CCC[C@@](C)(C(=O)NCCCn2cnnc2)C1. The van der Waals surface area contributed by atoms with Crippen LogP contribution in [0.4, 0.5) is 0 Å². The standard InChI is InChI=1S/C14H25N5O/c1-3-18-8-4-6-14(2,10-18)13(20)15-7-5-9-19-11-16-17-12-19/h11-12H,3-10H2,1-2H3,(H,15,20)/t14-/m1/s1. The summed E-state index contributed by atoms with van der Waals surface area (Å²) in [5, 5.41) is 10.6. The molecule has 0 aliphatic carbocycles. The van der Waals surface area contributed by atoms with E-state index >= 15 is 0 Å². The van der Waals surface area contributed by atoms with Crippen LogP contribution in [0.25, 0.3) is 0 Å². The third-order valence-corrected chi connectivity index (χ3v) is 4.12. The second-order valence-corrected chi connectivity index (χ2v) is 5.84. The molecule has 0 bridgehead atoms. The van der Waals surface area contributed by atoms with Gasteiger partial charge in [0.1, 0.15) is 12.7 Å². The average molecular weight is 279 g/mol. The molecule has 2 rings (SSSR count). The van der Waals surface area contributed by atoms with Crippen LogP contribution in [0.2, 0.25) is 0 Å². The molecule has 1 saturated heterocycles. The zero-order valence-corrected chi connectivity index (χ0v) is 12.5. The number of carbonyl (C=O) groups is 1. The van der Waals surface area contributed by atoms with Crippen molar-refractivity contribution in [2.45, 2.75) is 39.7 Å². The molecule has 0 spiro atoms. The van der Waals surface area contributed by atoms with E-state index in [2.05, 4.69) is 34.3 Å². The van der Waals surface area contributed by atoms with E-state index in [4.69, 9.17) is 0 Å². The van der Waals surface area contributed by atoms with Gasteiger partial charge in [0.2, 0.25) is 5.91 Å². The fraction of sp³-hybridized carbons (Fsp3) is 0.786. The molecule has 0 radical (unpaired) electrons. The van der Waals surface area contributed by atoms with Crippen molar-refractivity contribution in [1.29, 1.82) is 0 Å². The number of hydrogen-bond donors (Lipinski definition) is 1. The van der Waals surface area contributed by atoms with Crippen molar-refractivity contribution in [1.82, 2.24) is 25.0 Å². The maximum atomic E-state index is 12.4. The predicted octanol–water partition coefficient (Wildman–Crippen LogP) is 0.906. The van der Waals surface area contributed by atoms with Crippen molar-refractivity contribution in [2.24, 2.45) is 5.41 Å². The molecule has 6 nitrogen and oxygen atoms in total. The van der Waals surface area contributed by atoms with Crippen molar-refractivity contribution < 1.29 is 4.79 Å². The van der Waals surface area contributed by atoms with E-state index in [0.29, 0.717) is 6.54 Å². The summed E-state index contributed by atoms with van der Waals surface area (Å²) in [6.45, 7) is 8.81. The van der Waals surface area contributed by atoms with E-state index in [9.17, 15) is 4.79 Å². The quantitative estimate of drug-likeness (QED) is 0.786. The molecule has 1 fully saturated rings. The first-order valence-corrected chi connectivity index (χ1v) is 7.47. The maximum Gasteiger partial charge on any atom is 0.227 e. The molecule has 0 unspecified atom stereocenters. The van der Waals surface area contributed by atoms with Crippen molar-refractivity contribution in [3.8, 4) is 0 Å². The number of likely N-dealkylation sites (tertiary alicyclic amines) is 1. The molecule has 112 valence electrons. The molecular formula is C14H25N5O. The highest BCUT2D eigenvalue weighted by Gasteiger charge is 2.36. The Morgan fingerprint density at radius 3 is 2.85 bits per heavy atom. The van der Waals surface area contributed by atoms with Crippen molar-refractivity contribution in [3.63, 3.8) is 0 Å². The number of amides is 1. The van der Waals surface area contributed by atoms with Gasteiger partial charge in [-0.3, -0.25) is 4.79 Å². The Labute approximate surface area is 120 Å². The minimum absolute atomic E-state index is 0.194. The lowest BCUT2D eigenvalue weighted by atomic mass is 9.81. The van der Waals surface area contributed by atoms with Gasteiger partial charge in [0, 0.05) is 19.6 Å². The van der Waals surface area contributed by atoms with Gasteiger partial charge in [-0.15, -0.1) is 10.2 Å². The number of nitrogens with one attached hydrogen (secondary N) is 1. The van der Waals surface area contributed by atoms with Crippen LogP contribution >= 0.6 is 0 Å². The molecule has 1 N–H and O–H groups in total. The molecule has 20 heavy (non-hydrogen) atoms. The zero-order valence-electron chi connectivity index (χ0n) is 12.5. The van der Waals surface area contributed by atoms with Crippen molar-refractivity contribution in [2.75, 3.05) is 26.2 Å². The summed E-state index contributed by atoms with van der Waals surface area (Å²) in [5.74, 6) is 0.194. The number of piperidine rings is 1. The number of aromatic nitrogens is 3. The number of carbonyl (C=O) groups excluding carboxylic acids is 1. The van der Waals surface area contributed by atoms with Crippen LogP contribution in [0, 0.1) is 5.41 Å². The van der Waals surface area contributed by atoms with E-state index in [-0.39, 0.29) is 11.3 Å². The van der Waals surface area contributed by atoms with Crippen LogP contribution in [-0.4, -0.2) is 51.8 Å². The van der Waals surface area contributed by atoms with E-state index in [1.54, 1.807) is 12.7 Å². The van der Waals surface area contributed by atoms with E-state index in [1.165, 1.54) is 0 Å². The third-order valence-electron chi connectivity index (χ3n) is 4.12. The molecule has 1 aliphatic rings. The zero-order chi connectivity index (χ0) is 14.4. The summed E-state index contributed by atoms with van der Waals surface area (Å²) in [6.07, 6.45) is 6.39. The maximum absolute atomic E-state index is 12.4.